The molecule has 0 radical (unpaired) electrons. The summed E-state index contributed by atoms with van der Waals surface area (Å²) in [6, 6.07) is 0. The summed E-state index contributed by atoms with van der Waals surface area (Å²) in [6.45, 7) is 6.83. The van der Waals surface area contributed by atoms with E-state index in [1.807, 2.05) is 0 Å². The molecule has 0 unspecified atom stereocenters. The van der Waals surface area contributed by atoms with Crippen LogP contribution in [0.25, 0.3) is 0 Å². The zero-order chi connectivity index (χ0) is 14.9. The van der Waals surface area contributed by atoms with Crippen LogP contribution in [0.15, 0.2) is 23.8 Å². The van der Waals surface area contributed by atoms with Gasteiger partial charge >= 0.3 is 0 Å². The van der Waals surface area contributed by atoms with Gasteiger partial charge in [0.25, 0.3) is 0 Å². The van der Waals surface area contributed by atoms with E-state index in [9.17, 15) is 0 Å². The molecule has 0 rings (SSSR count). The maximum Gasteiger partial charge on any atom is -0.0317 e. The van der Waals surface area contributed by atoms with Gasteiger partial charge in [-0.05, 0) is 25.7 Å². The summed E-state index contributed by atoms with van der Waals surface area (Å²) in [5, 5.41) is 0. The molecular formula is C20H38. The highest BCUT2D eigenvalue weighted by atomic mass is 14.0. The highest BCUT2D eigenvalue weighted by molar-refractivity contribution is 5.12. The lowest BCUT2D eigenvalue weighted by molar-refractivity contribution is 0.573. The van der Waals surface area contributed by atoms with Crippen LogP contribution in [0.1, 0.15) is 104 Å². The van der Waals surface area contributed by atoms with Gasteiger partial charge < -0.3 is 0 Å². The first-order chi connectivity index (χ1) is 9.85. The Kier molecular flexibility index (Phi) is 16.1. The van der Waals surface area contributed by atoms with Crippen molar-refractivity contribution < 1.29 is 0 Å². The highest BCUT2D eigenvalue weighted by Gasteiger charge is 1.95. The van der Waals surface area contributed by atoms with E-state index in [-0.39, 0.29) is 0 Å². The third-order valence-corrected chi connectivity index (χ3v) is 4.00. The molecule has 0 N–H and O–H groups in total. The summed E-state index contributed by atoms with van der Waals surface area (Å²) < 4.78 is 0. The summed E-state index contributed by atoms with van der Waals surface area (Å²) in [7, 11) is 0. The molecule has 0 saturated carbocycles. The van der Waals surface area contributed by atoms with Crippen molar-refractivity contribution in [2.24, 2.45) is 0 Å². The minimum atomic E-state index is 1.22. The fraction of sp³-hybridized carbons (Fsp3) is 0.800. The van der Waals surface area contributed by atoms with Gasteiger partial charge in [-0.3, -0.25) is 0 Å². The number of hydrogen-bond donors (Lipinski definition) is 0. The molecular weight excluding hydrogens is 240 g/mol. The Hall–Kier alpha value is -0.520. The minimum Gasteiger partial charge on any atom is -0.0845 e. The fourth-order valence-electron chi connectivity index (χ4n) is 2.49. The molecule has 118 valence electrons. The van der Waals surface area contributed by atoms with Crippen LogP contribution >= 0.6 is 0 Å². The minimum absolute atomic E-state index is 1.22. The predicted molar refractivity (Wildman–Crippen MR) is 94.3 cm³/mol. The van der Waals surface area contributed by atoms with E-state index in [0.717, 1.165) is 0 Å². The number of unbranched alkanes of at least 4 members (excludes halogenated alkanes) is 9. The van der Waals surface area contributed by atoms with Crippen molar-refractivity contribution in [1.82, 2.24) is 0 Å². The summed E-state index contributed by atoms with van der Waals surface area (Å²) >= 11 is 0. The first-order valence-corrected chi connectivity index (χ1v) is 9.19. The predicted octanol–water partition coefficient (Wildman–Crippen LogP) is 7.60. The first-order valence-electron chi connectivity index (χ1n) is 9.19. The number of allylic oxidation sites excluding steroid dienone is 4. The van der Waals surface area contributed by atoms with Gasteiger partial charge in [-0.1, -0.05) is 102 Å². The summed E-state index contributed by atoms with van der Waals surface area (Å²) in [6.07, 6.45) is 24.7. The maximum absolute atomic E-state index is 2.36. The lowest BCUT2D eigenvalue weighted by Crippen LogP contribution is -1.84. The highest BCUT2D eigenvalue weighted by Crippen LogP contribution is 2.15. The summed E-state index contributed by atoms with van der Waals surface area (Å²) in [5.41, 5.74) is 1.63. The van der Waals surface area contributed by atoms with E-state index in [0.29, 0.717) is 0 Å². The van der Waals surface area contributed by atoms with Gasteiger partial charge in [0.1, 0.15) is 0 Å². The van der Waals surface area contributed by atoms with Crippen molar-refractivity contribution in [2.45, 2.75) is 104 Å². The fourth-order valence-corrected chi connectivity index (χ4v) is 2.49. The number of hydrogen-bond acceptors (Lipinski definition) is 0. The molecule has 0 atom stereocenters. The Morgan fingerprint density at radius 2 is 1.30 bits per heavy atom. The maximum atomic E-state index is 2.36. The van der Waals surface area contributed by atoms with Crippen molar-refractivity contribution in [2.75, 3.05) is 0 Å². The molecule has 0 nitrogen and oxygen atoms in total. The molecule has 0 heterocycles. The van der Waals surface area contributed by atoms with Gasteiger partial charge in [0.05, 0.1) is 0 Å². The Labute approximate surface area is 128 Å². The Morgan fingerprint density at radius 3 is 1.90 bits per heavy atom. The molecule has 0 aliphatic carbocycles. The molecule has 0 heteroatoms. The van der Waals surface area contributed by atoms with E-state index < -0.39 is 0 Å². The van der Waals surface area contributed by atoms with E-state index in [1.165, 1.54) is 83.5 Å². The summed E-state index contributed by atoms with van der Waals surface area (Å²) in [5.74, 6) is 0. The quantitative estimate of drug-likeness (QED) is 0.227. The largest absolute Gasteiger partial charge is 0.0845 e. The molecule has 0 amide bonds. The molecule has 0 saturated heterocycles. The molecule has 20 heavy (non-hydrogen) atoms. The zero-order valence-corrected chi connectivity index (χ0v) is 14.4. The van der Waals surface area contributed by atoms with Gasteiger partial charge in [0, 0.05) is 0 Å². The lowest BCUT2D eigenvalue weighted by atomic mass is 10.0. The molecule has 0 fully saturated rings. The molecule has 0 bridgehead atoms. The zero-order valence-electron chi connectivity index (χ0n) is 14.4. The Morgan fingerprint density at radius 1 is 0.700 bits per heavy atom. The third kappa shape index (κ3) is 13.9. The SMILES string of the molecule is CCCCC=CC=C(CC)CCCCCCCCCC. The normalized spacial score (nSPS) is 12.4. The average Bonchev–Trinajstić information content (AvgIpc) is 2.47. The molecule has 0 aliphatic rings. The molecule has 0 aromatic rings. The monoisotopic (exact) mass is 278 g/mol. The van der Waals surface area contributed by atoms with Crippen LogP contribution in [-0.2, 0) is 0 Å². The van der Waals surface area contributed by atoms with Gasteiger partial charge in [0.15, 0.2) is 0 Å². The van der Waals surface area contributed by atoms with E-state index in [4.69, 9.17) is 0 Å². The molecule has 0 aliphatic heterocycles. The van der Waals surface area contributed by atoms with E-state index in [2.05, 4.69) is 39.0 Å². The second-order valence-electron chi connectivity index (χ2n) is 5.97. The van der Waals surface area contributed by atoms with Crippen LogP contribution in [0.2, 0.25) is 0 Å². The van der Waals surface area contributed by atoms with E-state index in [1.54, 1.807) is 5.57 Å². The second kappa shape index (κ2) is 16.5. The van der Waals surface area contributed by atoms with Crippen LogP contribution in [-0.4, -0.2) is 0 Å². The Bertz CT molecular complexity index is 234. The first kappa shape index (κ1) is 19.5. The van der Waals surface area contributed by atoms with Crippen molar-refractivity contribution in [1.29, 1.82) is 0 Å². The second-order valence-corrected chi connectivity index (χ2v) is 5.97. The van der Waals surface area contributed by atoms with E-state index >= 15 is 0 Å². The third-order valence-electron chi connectivity index (χ3n) is 4.00. The Balaban J connectivity index is 3.53. The van der Waals surface area contributed by atoms with Crippen molar-refractivity contribution >= 4 is 0 Å². The van der Waals surface area contributed by atoms with Crippen molar-refractivity contribution in [3.05, 3.63) is 23.8 Å². The van der Waals surface area contributed by atoms with Gasteiger partial charge in [-0.2, -0.15) is 0 Å². The topological polar surface area (TPSA) is 0 Å². The van der Waals surface area contributed by atoms with Gasteiger partial charge in [-0.15, -0.1) is 0 Å². The smallest absolute Gasteiger partial charge is 0.0317 e. The standard InChI is InChI=1S/C20H38/c1-4-7-9-11-12-13-15-17-19-20(6-3)18-16-14-10-8-5-2/h14,16,18H,4-13,15,17,19H2,1-3H3. The molecule has 0 aromatic carbocycles. The van der Waals surface area contributed by atoms with Gasteiger partial charge in [0.2, 0.25) is 0 Å². The molecule has 0 spiro atoms. The van der Waals surface area contributed by atoms with Crippen LogP contribution in [0, 0.1) is 0 Å². The lowest BCUT2D eigenvalue weighted by Gasteiger charge is -2.04. The van der Waals surface area contributed by atoms with Crippen LogP contribution in [0.5, 0.6) is 0 Å². The average molecular weight is 279 g/mol. The van der Waals surface area contributed by atoms with Gasteiger partial charge in [-0.25, -0.2) is 0 Å². The van der Waals surface area contributed by atoms with Crippen molar-refractivity contribution in [3.8, 4) is 0 Å². The number of rotatable bonds is 14. The summed E-state index contributed by atoms with van der Waals surface area (Å²) in [4.78, 5) is 0. The van der Waals surface area contributed by atoms with Crippen LogP contribution in [0.4, 0.5) is 0 Å². The molecule has 0 aromatic heterocycles. The van der Waals surface area contributed by atoms with Crippen LogP contribution in [0.3, 0.4) is 0 Å². The van der Waals surface area contributed by atoms with Crippen LogP contribution < -0.4 is 0 Å². The van der Waals surface area contributed by atoms with Crippen molar-refractivity contribution in [3.63, 3.8) is 0 Å².